The molecule has 0 saturated carbocycles. The van der Waals surface area contributed by atoms with Crippen LogP contribution in [-0.4, -0.2) is 15.9 Å². The molecule has 5 heteroatoms. The highest BCUT2D eigenvalue weighted by atomic mass is 79.9. The molecular formula is C16H11BrN2O2. The van der Waals surface area contributed by atoms with Gasteiger partial charge in [-0.1, -0.05) is 34.1 Å². The molecule has 1 heterocycles. The first-order chi connectivity index (χ1) is 10.2. The van der Waals surface area contributed by atoms with E-state index in [4.69, 9.17) is 4.74 Å². The lowest BCUT2D eigenvalue weighted by molar-refractivity contribution is 0.0472. The minimum Gasteiger partial charge on any atom is -0.457 e. The lowest BCUT2D eigenvalue weighted by atomic mass is 10.2. The molecule has 104 valence electrons. The first kappa shape index (κ1) is 13.7. The van der Waals surface area contributed by atoms with E-state index < -0.39 is 0 Å². The van der Waals surface area contributed by atoms with Crippen LogP contribution >= 0.6 is 15.9 Å². The number of hydrogen-bond donors (Lipinski definition) is 0. The summed E-state index contributed by atoms with van der Waals surface area (Å²) in [6.45, 7) is 0.221. The highest BCUT2D eigenvalue weighted by Crippen LogP contribution is 2.18. The molecule has 4 nitrogen and oxygen atoms in total. The van der Waals surface area contributed by atoms with Crippen molar-refractivity contribution in [2.75, 3.05) is 0 Å². The Morgan fingerprint density at radius 1 is 1.05 bits per heavy atom. The highest BCUT2D eigenvalue weighted by Gasteiger charge is 2.10. The van der Waals surface area contributed by atoms with Gasteiger partial charge in [0.1, 0.15) is 6.61 Å². The Morgan fingerprint density at radius 3 is 2.62 bits per heavy atom. The molecule has 0 aliphatic heterocycles. The second-order valence-electron chi connectivity index (χ2n) is 4.43. The Hall–Kier alpha value is -2.27. The molecule has 1 aromatic heterocycles. The van der Waals surface area contributed by atoms with E-state index in [2.05, 4.69) is 25.9 Å². The standard InChI is InChI=1S/C16H11BrN2O2/c17-13-4-2-1-3-12(13)10-21-16(20)11-5-6-14-15(9-11)19-8-7-18-14/h1-9H,10H2. The minimum absolute atomic E-state index is 0.221. The number of benzene rings is 2. The van der Waals surface area contributed by atoms with Crippen LogP contribution in [0.2, 0.25) is 0 Å². The van der Waals surface area contributed by atoms with E-state index in [9.17, 15) is 4.79 Å². The molecule has 0 spiro atoms. The maximum Gasteiger partial charge on any atom is 0.338 e. The molecule has 0 fully saturated rings. The third kappa shape index (κ3) is 3.08. The van der Waals surface area contributed by atoms with E-state index in [1.807, 2.05) is 24.3 Å². The smallest absolute Gasteiger partial charge is 0.338 e. The zero-order valence-electron chi connectivity index (χ0n) is 11.0. The number of rotatable bonds is 3. The van der Waals surface area contributed by atoms with E-state index in [1.165, 1.54) is 0 Å². The van der Waals surface area contributed by atoms with Gasteiger partial charge in [-0.05, 0) is 24.3 Å². The number of esters is 1. The molecule has 0 bridgehead atoms. The first-order valence-corrected chi connectivity index (χ1v) is 7.14. The van der Waals surface area contributed by atoms with Crippen LogP contribution in [0.1, 0.15) is 15.9 Å². The van der Waals surface area contributed by atoms with Gasteiger partial charge in [0.2, 0.25) is 0 Å². The summed E-state index contributed by atoms with van der Waals surface area (Å²) in [5.74, 6) is -0.377. The molecule has 3 aromatic rings. The van der Waals surface area contributed by atoms with Crippen molar-refractivity contribution < 1.29 is 9.53 Å². The fraction of sp³-hybridized carbons (Fsp3) is 0.0625. The zero-order valence-corrected chi connectivity index (χ0v) is 12.6. The van der Waals surface area contributed by atoms with Gasteiger partial charge < -0.3 is 4.74 Å². The predicted octanol–water partition coefficient (Wildman–Crippen LogP) is 3.75. The summed E-state index contributed by atoms with van der Waals surface area (Å²) in [6, 6.07) is 12.8. The van der Waals surface area contributed by atoms with Crippen molar-refractivity contribution in [1.82, 2.24) is 9.97 Å². The second kappa shape index (κ2) is 6.01. The summed E-state index contributed by atoms with van der Waals surface area (Å²) in [5, 5.41) is 0. The van der Waals surface area contributed by atoms with Crippen LogP contribution in [0.4, 0.5) is 0 Å². The van der Waals surface area contributed by atoms with Crippen LogP contribution in [0.5, 0.6) is 0 Å². The molecule has 0 amide bonds. The first-order valence-electron chi connectivity index (χ1n) is 6.35. The average Bonchev–Trinajstić information content (AvgIpc) is 2.53. The topological polar surface area (TPSA) is 52.1 Å². The quantitative estimate of drug-likeness (QED) is 0.680. The van der Waals surface area contributed by atoms with Crippen molar-refractivity contribution in [1.29, 1.82) is 0 Å². The third-order valence-corrected chi connectivity index (χ3v) is 3.80. The van der Waals surface area contributed by atoms with E-state index >= 15 is 0 Å². The van der Waals surface area contributed by atoms with E-state index in [0.29, 0.717) is 11.1 Å². The zero-order chi connectivity index (χ0) is 14.7. The van der Waals surface area contributed by atoms with Crippen molar-refractivity contribution in [2.45, 2.75) is 6.61 Å². The fourth-order valence-corrected chi connectivity index (χ4v) is 2.33. The largest absolute Gasteiger partial charge is 0.457 e. The van der Waals surface area contributed by atoms with Gasteiger partial charge in [-0.2, -0.15) is 0 Å². The van der Waals surface area contributed by atoms with Crippen molar-refractivity contribution in [2.24, 2.45) is 0 Å². The molecule has 21 heavy (non-hydrogen) atoms. The Balaban J connectivity index is 1.76. The van der Waals surface area contributed by atoms with Crippen molar-refractivity contribution in [3.8, 4) is 0 Å². The number of fused-ring (bicyclic) bond motifs is 1. The normalized spacial score (nSPS) is 10.5. The number of carbonyl (C=O) groups is 1. The number of hydrogen-bond acceptors (Lipinski definition) is 4. The molecule has 0 radical (unpaired) electrons. The molecule has 0 atom stereocenters. The van der Waals surface area contributed by atoms with Crippen molar-refractivity contribution >= 4 is 32.9 Å². The summed E-state index contributed by atoms with van der Waals surface area (Å²) in [4.78, 5) is 20.4. The third-order valence-electron chi connectivity index (χ3n) is 3.02. The number of ether oxygens (including phenoxy) is 1. The van der Waals surface area contributed by atoms with Crippen molar-refractivity contribution in [3.05, 3.63) is 70.5 Å². The lowest BCUT2D eigenvalue weighted by Crippen LogP contribution is -2.05. The molecule has 0 aliphatic carbocycles. The van der Waals surface area contributed by atoms with Gasteiger partial charge in [-0.15, -0.1) is 0 Å². The van der Waals surface area contributed by atoms with Gasteiger partial charge in [0, 0.05) is 22.4 Å². The number of halogens is 1. The minimum atomic E-state index is -0.377. The monoisotopic (exact) mass is 342 g/mol. The molecule has 0 N–H and O–H groups in total. The molecular weight excluding hydrogens is 332 g/mol. The maximum atomic E-state index is 12.1. The fourth-order valence-electron chi connectivity index (χ4n) is 1.93. The Bertz CT molecular complexity index is 805. The van der Waals surface area contributed by atoms with Crippen LogP contribution in [-0.2, 0) is 11.3 Å². The van der Waals surface area contributed by atoms with Crippen LogP contribution in [0.25, 0.3) is 11.0 Å². The van der Waals surface area contributed by atoms with Gasteiger partial charge in [-0.25, -0.2) is 4.79 Å². The molecule has 0 unspecified atom stereocenters. The summed E-state index contributed by atoms with van der Waals surface area (Å²) < 4.78 is 6.25. The SMILES string of the molecule is O=C(OCc1ccccc1Br)c1ccc2nccnc2c1. The Morgan fingerprint density at radius 2 is 1.81 bits per heavy atom. The summed E-state index contributed by atoms with van der Waals surface area (Å²) in [6.07, 6.45) is 3.21. The summed E-state index contributed by atoms with van der Waals surface area (Å²) >= 11 is 3.43. The molecule has 3 rings (SSSR count). The average molecular weight is 343 g/mol. The lowest BCUT2D eigenvalue weighted by Gasteiger charge is -2.07. The van der Waals surface area contributed by atoms with Gasteiger partial charge in [0.05, 0.1) is 16.6 Å². The highest BCUT2D eigenvalue weighted by molar-refractivity contribution is 9.10. The number of aromatic nitrogens is 2. The maximum absolute atomic E-state index is 12.1. The number of carbonyl (C=O) groups excluding carboxylic acids is 1. The van der Waals surface area contributed by atoms with E-state index in [-0.39, 0.29) is 12.6 Å². The predicted molar refractivity (Wildman–Crippen MR) is 82.8 cm³/mol. The van der Waals surface area contributed by atoms with Gasteiger partial charge in [0.15, 0.2) is 0 Å². The molecule has 0 aliphatic rings. The summed E-state index contributed by atoms with van der Waals surface area (Å²) in [5.41, 5.74) is 2.81. The van der Waals surface area contributed by atoms with Crippen LogP contribution in [0.15, 0.2) is 59.3 Å². The Labute approximate surface area is 129 Å². The van der Waals surface area contributed by atoms with Crippen molar-refractivity contribution in [3.63, 3.8) is 0 Å². The van der Waals surface area contributed by atoms with Gasteiger partial charge in [0.25, 0.3) is 0 Å². The summed E-state index contributed by atoms with van der Waals surface area (Å²) in [7, 11) is 0. The van der Waals surface area contributed by atoms with E-state index in [0.717, 1.165) is 15.6 Å². The number of nitrogens with zero attached hydrogens (tertiary/aromatic N) is 2. The van der Waals surface area contributed by atoms with Gasteiger partial charge in [-0.3, -0.25) is 9.97 Å². The Kier molecular flexibility index (Phi) is 3.92. The molecule has 0 saturated heterocycles. The van der Waals surface area contributed by atoms with Gasteiger partial charge >= 0.3 is 5.97 Å². The second-order valence-corrected chi connectivity index (χ2v) is 5.28. The van der Waals surface area contributed by atoms with Crippen LogP contribution in [0, 0.1) is 0 Å². The van der Waals surface area contributed by atoms with Crippen LogP contribution < -0.4 is 0 Å². The van der Waals surface area contributed by atoms with Crippen LogP contribution in [0.3, 0.4) is 0 Å². The molecule has 2 aromatic carbocycles. The van der Waals surface area contributed by atoms with E-state index in [1.54, 1.807) is 30.6 Å².